The summed E-state index contributed by atoms with van der Waals surface area (Å²) in [6, 6.07) is 3.54. The number of ketones is 1. The predicted octanol–water partition coefficient (Wildman–Crippen LogP) is 2.39. The fraction of sp³-hybridized carbons (Fsp3) is 0.231. The number of benzene rings is 1. The van der Waals surface area contributed by atoms with Gasteiger partial charge in [0.2, 0.25) is 0 Å². The molecule has 0 aliphatic rings. The second-order valence-electron chi connectivity index (χ2n) is 4.07. The van der Waals surface area contributed by atoms with Crippen LogP contribution >= 0.6 is 0 Å². The summed E-state index contributed by atoms with van der Waals surface area (Å²) in [4.78, 5) is 25.6. The van der Waals surface area contributed by atoms with Crippen LogP contribution in [0.1, 0.15) is 33.3 Å². The standard InChI is InChI=1S/C13H13NO4/c1-6-4-5-8(18-3)11-9(6)10(7(2)15)12(14-11)13(16)17/h4-5,14H,1-3H3,(H,16,17). The van der Waals surface area contributed by atoms with Crippen molar-refractivity contribution in [1.82, 2.24) is 4.98 Å². The first-order valence-electron chi connectivity index (χ1n) is 5.40. The van der Waals surface area contributed by atoms with Crippen LogP contribution in [0.4, 0.5) is 0 Å². The summed E-state index contributed by atoms with van der Waals surface area (Å²) < 4.78 is 5.17. The van der Waals surface area contributed by atoms with E-state index in [1.165, 1.54) is 14.0 Å². The number of aryl methyl sites for hydroxylation is 1. The van der Waals surface area contributed by atoms with Crippen LogP contribution in [0.25, 0.3) is 10.9 Å². The van der Waals surface area contributed by atoms with E-state index in [9.17, 15) is 9.59 Å². The Kier molecular flexibility index (Phi) is 2.82. The van der Waals surface area contributed by atoms with E-state index in [-0.39, 0.29) is 17.0 Å². The average Bonchev–Trinajstić information content (AvgIpc) is 2.71. The number of Topliss-reactive ketones (excluding diaryl/α,β-unsaturated/α-hetero) is 1. The number of rotatable bonds is 3. The topological polar surface area (TPSA) is 79.4 Å². The highest BCUT2D eigenvalue weighted by Crippen LogP contribution is 2.32. The molecule has 0 amide bonds. The normalized spacial score (nSPS) is 10.6. The van der Waals surface area contributed by atoms with Crippen LogP contribution in [-0.2, 0) is 0 Å². The quantitative estimate of drug-likeness (QED) is 0.816. The molecule has 0 saturated heterocycles. The first kappa shape index (κ1) is 12.2. The highest BCUT2D eigenvalue weighted by atomic mass is 16.5. The third-order valence-electron chi connectivity index (χ3n) is 2.91. The van der Waals surface area contributed by atoms with E-state index in [1.807, 2.05) is 6.92 Å². The van der Waals surface area contributed by atoms with Gasteiger partial charge in [-0.15, -0.1) is 0 Å². The lowest BCUT2D eigenvalue weighted by atomic mass is 10.0. The lowest BCUT2D eigenvalue weighted by molar-refractivity contribution is 0.0687. The smallest absolute Gasteiger partial charge is 0.353 e. The number of nitrogens with one attached hydrogen (secondary N) is 1. The van der Waals surface area contributed by atoms with Crippen molar-refractivity contribution in [2.75, 3.05) is 7.11 Å². The molecule has 0 radical (unpaired) electrons. The van der Waals surface area contributed by atoms with Gasteiger partial charge in [0.25, 0.3) is 0 Å². The van der Waals surface area contributed by atoms with E-state index in [2.05, 4.69) is 4.98 Å². The molecular formula is C13H13NO4. The van der Waals surface area contributed by atoms with Gasteiger partial charge in [0.05, 0.1) is 18.2 Å². The summed E-state index contributed by atoms with van der Waals surface area (Å²) in [5.41, 5.74) is 1.49. The minimum Gasteiger partial charge on any atom is -0.495 e. The van der Waals surface area contributed by atoms with Crippen molar-refractivity contribution in [3.05, 3.63) is 29.0 Å². The number of aromatic amines is 1. The van der Waals surface area contributed by atoms with E-state index in [0.29, 0.717) is 16.7 Å². The first-order chi connectivity index (χ1) is 8.47. The van der Waals surface area contributed by atoms with Crippen molar-refractivity contribution in [3.63, 3.8) is 0 Å². The van der Waals surface area contributed by atoms with Gasteiger partial charge in [-0.25, -0.2) is 4.79 Å². The van der Waals surface area contributed by atoms with E-state index in [0.717, 1.165) is 5.56 Å². The Morgan fingerprint density at radius 3 is 2.50 bits per heavy atom. The summed E-state index contributed by atoms with van der Waals surface area (Å²) in [7, 11) is 1.50. The Balaban J connectivity index is 2.97. The predicted molar refractivity (Wildman–Crippen MR) is 66.6 cm³/mol. The molecule has 0 saturated carbocycles. The zero-order valence-electron chi connectivity index (χ0n) is 10.3. The Morgan fingerprint density at radius 2 is 2.00 bits per heavy atom. The van der Waals surface area contributed by atoms with E-state index >= 15 is 0 Å². The van der Waals surface area contributed by atoms with E-state index in [1.54, 1.807) is 12.1 Å². The Hall–Kier alpha value is -2.30. The zero-order valence-corrected chi connectivity index (χ0v) is 10.3. The molecule has 1 heterocycles. The number of fused-ring (bicyclic) bond motifs is 1. The van der Waals surface area contributed by atoms with Crippen molar-refractivity contribution in [3.8, 4) is 5.75 Å². The number of carbonyl (C=O) groups excluding carboxylic acids is 1. The lowest BCUT2D eigenvalue weighted by Crippen LogP contribution is -2.04. The minimum absolute atomic E-state index is 0.0925. The van der Waals surface area contributed by atoms with Crippen molar-refractivity contribution in [2.24, 2.45) is 0 Å². The number of carbonyl (C=O) groups is 2. The minimum atomic E-state index is -1.15. The first-order valence-corrected chi connectivity index (χ1v) is 5.40. The molecule has 0 atom stereocenters. The number of ether oxygens (including phenoxy) is 1. The summed E-state index contributed by atoms with van der Waals surface area (Å²) in [6.45, 7) is 3.18. The number of carboxylic acid groups (broad SMARTS) is 1. The highest BCUT2D eigenvalue weighted by Gasteiger charge is 2.23. The molecule has 0 spiro atoms. The summed E-state index contributed by atoms with van der Waals surface area (Å²) in [5, 5.41) is 9.76. The van der Waals surface area contributed by atoms with Crippen LogP contribution in [0, 0.1) is 6.92 Å². The van der Waals surface area contributed by atoms with Crippen LogP contribution in [0.15, 0.2) is 12.1 Å². The molecule has 0 unspecified atom stereocenters. The Labute approximate surface area is 103 Å². The molecule has 2 rings (SSSR count). The van der Waals surface area contributed by atoms with Crippen molar-refractivity contribution < 1.29 is 19.4 Å². The number of carboxylic acids is 1. The fourth-order valence-electron chi connectivity index (χ4n) is 2.13. The molecule has 0 bridgehead atoms. The van der Waals surface area contributed by atoms with Gasteiger partial charge < -0.3 is 14.8 Å². The summed E-state index contributed by atoms with van der Waals surface area (Å²) in [5.74, 6) is -0.918. The van der Waals surface area contributed by atoms with Crippen LogP contribution in [0.5, 0.6) is 5.75 Å². The second kappa shape index (κ2) is 4.18. The molecule has 5 heteroatoms. The largest absolute Gasteiger partial charge is 0.495 e. The molecule has 0 aliphatic carbocycles. The molecular weight excluding hydrogens is 234 g/mol. The van der Waals surface area contributed by atoms with Crippen LogP contribution in [0.3, 0.4) is 0 Å². The van der Waals surface area contributed by atoms with Gasteiger partial charge in [-0.2, -0.15) is 0 Å². The third-order valence-corrected chi connectivity index (χ3v) is 2.91. The molecule has 94 valence electrons. The molecule has 1 aromatic carbocycles. The maximum absolute atomic E-state index is 11.7. The summed E-state index contributed by atoms with van der Waals surface area (Å²) in [6.07, 6.45) is 0. The van der Waals surface area contributed by atoms with E-state index < -0.39 is 5.97 Å². The second-order valence-corrected chi connectivity index (χ2v) is 4.07. The van der Waals surface area contributed by atoms with Crippen LogP contribution < -0.4 is 4.74 Å². The maximum atomic E-state index is 11.7. The van der Waals surface area contributed by atoms with E-state index in [4.69, 9.17) is 9.84 Å². The molecule has 0 fully saturated rings. The van der Waals surface area contributed by atoms with Crippen molar-refractivity contribution in [1.29, 1.82) is 0 Å². The van der Waals surface area contributed by atoms with Crippen LogP contribution in [-0.4, -0.2) is 29.0 Å². The molecule has 5 nitrogen and oxygen atoms in total. The van der Waals surface area contributed by atoms with Gasteiger partial charge in [-0.3, -0.25) is 4.79 Å². The molecule has 1 aromatic heterocycles. The molecule has 2 N–H and O–H groups in total. The Morgan fingerprint density at radius 1 is 1.33 bits per heavy atom. The molecule has 2 aromatic rings. The van der Waals surface area contributed by atoms with Gasteiger partial charge in [-0.05, 0) is 25.5 Å². The number of H-pyrrole nitrogens is 1. The van der Waals surface area contributed by atoms with Crippen molar-refractivity contribution >= 4 is 22.7 Å². The lowest BCUT2D eigenvalue weighted by Gasteiger charge is -2.04. The fourth-order valence-corrected chi connectivity index (χ4v) is 2.13. The SMILES string of the molecule is COc1ccc(C)c2c(C(C)=O)c(C(=O)O)[nH]c12. The number of aromatic nitrogens is 1. The molecule has 18 heavy (non-hydrogen) atoms. The monoisotopic (exact) mass is 247 g/mol. The maximum Gasteiger partial charge on any atom is 0.353 e. The molecule has 0 aliphatic heterocycles. The van der Waals surface area contributed by atoms with Gasteiger partial charge >= 0.3 is 5.97 Å². The zero-order chi connectivity index (χ0) is 13.4. The number of aromatic carboxylic acids is 1. The van der Waals surface area contributed by atoms with Crippen molar-refractivity contribution in [2.45, 2.75) is 13.8 Å². The average molecular weight is 247 g/mol. The van der Waals surface area contributed by atoms with Crippen LogP contribution in [0.2, 0.25) is 0 Å². The third kappa shape index (κ3) is 1.64. The highest BCUT2D eigenvalue weighted by molar-refractivity contribution is 6.15. The number of hydrogen-bond acceptors (Lipinski definition) is 3. The summed E-state index contributed by atoms with van der Waals surface area (Å²) >= 11 is 0. The van der Waals surface area contributed by atoms with Gasteiger partial charge in [0.1, 0.15) is 11.4 Å². The van der Waals surface area contributed by atoms with Gasteiger partial charge in [0.15, 0.2) is 5.78 Å². The number of methoxy groups -OCH3 is 1. The van der Waals surface area contributed by atoms with Gasteiger partial charge in [-0.1, -0.05) is 6.07 Å². The number of hydrogen-bond donors (Lipinski definition) is 2. The Bertz CT molecular complexity index is 655. The van der Waals surface area contributed by atoms with Gasteiger partial charge in [0, 0.05) is 5.39 Å².